The molecular weight excluding hydrogens is 434 g/mol. The highest BCUT2D eigenvalue weighted by Crippen LogP contribution is 2.53. The molecule has 146 valence electrons. The SMILES string of the molecule is O=C(COc1ccc(N2C(=O)[C@@H]3[C@H](C2=O)[C@@H]2C=C[C@H]3C2)cc1)c1ccc(Br)cc1. The molecule has 1 saturated carbocycles. The minimum absolute atomic E-state index is 0.0816. The van der Waals surface area contributed by atoms with Crippen molar-refractivity contribution in [3.8, 4) is 5.75 Å². The zero-order chi connectivity index (χ0) is 20.1. The first kappa shape index (κ1) is 18.3. The van der Waals surface area contributed by atoms with Gasteiger partial charge in [0.1, 0.15) is 5.75 Å². The maximum absolute atomic E-state index is 12.9. The lowest BCUT2D eigenvalue weighted by molar-refractivity contribution is -0.123. The number of ketones is 1. The van der Waals surface area contributed by atoms with Crippen molar-refractivity contribution in [2.45, 2.75) is 6.42 Å². The molecule has 29 heavy (non-hydrogen) atoms. The average Bonchev–Trinajstić information content (AvgIpc) is 3.41. The van der Waals surface area contributed by atoms with Gasteiger partial charge in [-0.05, 0) is 54.7 Å². The Labute approximate surface area is 176 Å². The summed E-state index contributed by atoms with van der Waals surface area (Å²) in [7, 11) is 0. The Morgan fingerprint density at radius 3 is 2.10 bits per heavy atom. The topological polar surface area (TPSA) is 63.7 Å². The summed E-state index contributed by atoms with van der Waals surface area (Å²) < 4.78 is 6.49. The van der Waals surface area contributed by atoms with E-state index in [1.807, 2.05) is 12.1 Å². The monoisotopic (exact) mass is 451 g/mol. The normalized spacial score (nSPS) is 26.9. The van der Waals surface area contributed by atoms with Crippen molar-refractivity contribution < 1.29 is 19.1 Å². The van der Waals surface area contributed by atoms with Crippen molar-refractivity contribution >= 4 is 39.2 Å². The Kier molecular flexibility index (Phi) is 4.39. The maximum Gasteiger partial charge on any atom is 0.238 e. The number of amides is 2. The smallest absolute Gasteiger partial charge is 0.238 e. The van der Waals surface area contributed by atoms with E-state index in [0.29, 0.717) is 17.0 Å². The van der Waals surface area contributed by atoms with Crippen molar-refractivity contribution in [3.05, 3.63) is 70.7 Å². The Bertz CT molecular complexity index is 998. The number of imide groups is 1. The molecule has 0 N–H and O–H groups in total. The van der Waals surface area contributed by atoms with E-state index in [-0.39, 0.29) is 47.9 Å². The number of nitrogens with zero attached hydrogens (tertiary/aromatic N) is 1. The number of fused-ring (bicyclic) bond motifs is 5. The molecule has 0 radical (unpaired) electrons. The van der Waals surface area contributed by atoms with Crippen LogP contribution in [-0.4, -0.2) is 24.2 Å². The predicted octanol–water partition coefficient (Wildman–Crippen LogP) is 4.02. The van der Waals surface area contributed by atoms with Gasteiger partial charge in [-0.2, -0.15) is 0 Å². The second kappa shape index (κ2) is 6.95. The van der Waals surface area contributed by atoms with Crippen LogP contribution in [0, 0.1) is 23.7 Å². The van der Waals surface area contributed by atoms with Crippen LogP contribution >= 0.6 is 15.9 Å². The van der Waals surface area contributed by atoms with E-state index in [0.717, 1.165) is 10.9 Å². The third-order valence-corrected chi connectivity index (χ3v) is 6.63. The molecule has 5 rings (SSSR count). The molecule has 0 spiro atoms. The van der Waals surface area contributed by atoms with E-state index < -0.39 is 0 Å². The van der Waals surface area contributed by atoms with Gasteiger partial charge in [0, 0.05) is 10.0 Å². The first-order valence-corrected chi connectivity index (χ1v) is 10.4. The highest BCUT2D eigenvalue weighted by atomic mass is 79.9. The van der Waals surface area contributed by atoms with Crippen LogP contribution in [-0.2, 0) is 9.59 Å². The maximum atomic E-state index is 12.9. The standard InChI is InChI=1S/C23H18BrNO4/c24-16-5-3-13(4-6-16)19(26)12-29-18-9-7-17(8-10-18)25-22(27)20-14-1-2-15(11-14)21(20)23(25)28/h1-10,14-15,20-21H,11-12H2/t14-,15+,20-,21+. The number of Topliss-reactive ketones (excluding diaryl/α,β-unsaturated/α-hetero) is 1. The molecule has 2 fully saturated rings. The quantitative estimate of drug-likeness (QED) is 0.391. The second-order valence-corrected chi connectivity index (χ2v) is 8.64. The van der Waals surface area contributed by atoms with Gasteiger partial charge >= 0.3 is 0 Å². The van der Waals surface area contributed by atoms with Gasteiger partial charge in [-0.1, -0.05) is 40.2 Å². The molecule has 2 aromatic carbocycles. The van der Waals surface area contributed by atoms with Crippen LogP contribution < -0.4 is 9.64 Å². The van der Waals surface area contributed by atoms with E-state index in [1.54, 1.807) is 36.4 Å². The van der Waals surface area contributed by atoms with Crippen LogP contribution in [0.25, 0.3) is 0 Å². The number of allylic oxidation sites excluding steroid dienone is 2. The van der Waals surface area contributed by atoms with Gasteiger partial charge in [-0.15, -0.1) is 0 Å². The van der Waals surface area contributed by atoms with Crippen molar-refractivity contribution in [1.82, 2.24) is 0 Å². The zero-order valence-corrected chi connectivity index (χ0v) is 17.0. The summed E-state index contributed by atoms with van der Waals surface area (Å²) in [6.45, 7) is -0.0816. The number of carbonyl (C=O) groups excluding carboxylic acids is 3. The van der Waals surface area contributed by atoms with Crippen LogP contribution in [0.2, 0.25) is 0 Å². The van der Waals surface area contributed by atoms with Crippen LogP contribution in [0.5, 0.6) is 5.75 Å². The summed E-state index contributed by atoms with van der Waals surface area (Å²) in [6.07, 6.45) is 5.08. The Morgan fingerprint density at radius 2 is 1.52 bits per heavy atom. The van der Waals surface area contributed by atoms with Gasteiger partial charge in [0.25, 0.3) is 0 Å². The fraction of sp³-hybridized carbons (Fsp3) is 0.261. The average molecular weight is 452 g/mol. The Hall–Kier alpha value is -2.73. The van der Waals surface area contributed by atoms with Crippen LogP contribution in [0.1, 0.15) is 16.8 Å². The molecule has 0 unspecified atom stereocenters. The molecule has 2 amide bonds. The molecule has 2 bridgehead atoms. The Balaban J connectivity index is 1.26. The summed E-state index contributed by atoms with van der Waals surface area (Å²) in [5.41, 5.74) is 1.13. The van der Waals surface area contributed by atoms with Crippen LogP contribution in [0.15, 0.2) is 65.2 Å². The molecule has 2 aromatic rings. The molecule has 1 aliphatic heterocycles. The summed E-state index contributed by atoms with van der Waals surface area (Å²) in [5, 5.41) is 0. The number of ether oxygens (including phenoxy) is 1. The van der Waals surface area contributed by atoms with Crippen molar-refractivity contribution in [2.24, 2.45) is 23.7 Å². The lowest BCUT2D eigenvalue weighted by atomic mass is 9.85. The van der Waals surface area contributed by atoms with Crippen LogP contribution in [0.3, 0.4) is 0 Å². The summed E-state index contributed by atoms with van der Waals surface area (Å²) in [5.74, 6) is 0.153. The molecule has 3 aliphatic rings. The molecule has 0 aromatic heterocycles. The predicted molar refractivity (Wildman–Crippen MR) is 111 cm³/mol. The van der Waals surface area contributed by atoms with E-state index >= 15 is 0 Å². The summed E-state index contributed by atoms with van der Waals surface area (Å²) >= 11 is 3.34. The van der Waals surface area contributed by atoms with Gasteiger partial charge in [-0.25, -0.2) is 0 Å². The number of halogens is 1. The van der Waals surface area contributed by atoms with E-state index in [4.69, 9.17) is 4.74 Å². The molecule has 1 saturated heterocycles. The summed E-state index contributed by atoms with van der Waals surface area (Å²) in [4.78, 5) is 39.3. The number of anilines is 1. The first-order valence-electron chi connectivity index (χ1n) is 9.61. The first-order chi connectivity index (χ1) is 14.0. The van der Waals surface area contributed by atoms with Gasteiger partial charge in [0.05, 0.1) is 17.5 Å². The van der Waals surface area contributed by atoms with Crippen molar-refractivity contribution in [3.63, 3.8) is 0 Å². The molecule has 1 heterocycles. The van der Waals surface area contributed by atoms with Gasteiger partial charge in [-0.3, -0.25) is 19.3 Å². The number of hydrogen-bond donors (Lipinski definition) is 0. The Morgan fingerprint density at radius 1 is 0.931 bits per heavy atom. The minimum Gasteiger partial charge on any atom is -0.485 e. The third-order valence-electron chi connectivity index (χ3n) is 6.10. The fourth-order valence-electron chi connectivity index (χ4n) is 4.72. The number of rotatable bonds is 5. The van der Waals surface area contributed by atoms with Gasteiger partial charge in [0.15, 0.2) is 12.4 Å². The van der Waals surface area contributed by atoms with E-state index in [1.165, 1.54) is 4.90 Å². The number of benzene rings is 2. The molecule has 6 heteroatoms. The van der Waals surface area contributed by atoms with E-state index in [2.05, 4.69) is 28.1 Å². The third kappa shape index (κ3) is 3.02. The largest absolute Gasteiger partial charge is 0.485 e. The molecular formula is C23H18BrNO4. The van der Waals surface area contributed by atoms with E-state index in [9.17, 15) is 14.4 Å². The number of carbonyl (C=O) groups is 3. The fourth-order valence-corrected chi connectivity index (χ4v) is 4.98. The summed E-state index contributed by atoms with van der Waals surface area (Å²) in [6, 6.07) is 13.9. The molecule has 2 aliphatic carbocycles. The minimum atomic E-state index is -0.211. The lowest BCUT2D eigenvalue weighted by Crippen LogP contribution is -2.32. The highest BCUT2D eigenvalue weighted by Gasteiger charge is 2.59. The van der Waals surface area contributed by atoms with Gasteiger partial charge < -0.3 is 4.74 Å². The van der Waals surface area contributed by atoms with Crippen LogP contribution in [0.4, 0.5) is 5.69 Å². The highest BCUT2D eigenvalue weighted by molar-refractivity contribution is 9.10. The van der Waals surface area contributed by atoms with Crippen molar-refractivity contribution in [2.75, 3.05) is 11.5 Å². The zero-order valence-electron chi connectivity index (χ0n) is 15.5. The number of hydrogen-bond acceptors (Lipinski definition) is 4. The van der Waals surface area contributed by atoms with Gasteiger partial charge in [0.2, 0.25) is 11.8 Å². The second-order valence-electron chi connectivity index (χ2n) is 7.72. The molecule has 5 nitrogen and oxygen atoms in total. The van der Waals surface area contributed by atoms with Crippen molar-refractivity contribution in [1.29, 1.82) is 0 Å². The lowest BCUT2D eigenvalue weighted by Gasteiger charge is -2.17. The molecule has 4 atom stereocenters.